The number of rotatable bonds is 3. The summed E-state index contributed by atoms with van der Waals surface area (Å²) >= 11 is 0. The third-order valence-corrected chi connectivity index (χ3v) is 2.50. The number of hydrogen-bond donors (Lipinski definition) is 1. The molecular weight excluding hydrogens is 272 g/mol. The molecule has 0 aromatic heterocycles. The van der Waals surface area contributed by atoms with E-state index in [1.165, 1.54) is 6.08 Å². The Balaban J connectivity index is 3.38. The summed E-state index contributed by atoms with van der Waals surface area (Å²) in [6.07, 6.45) is -8.26. The van der Waals surface area contributed by atoms with Gasteiger partial charge >= 0.3 is 12.4 Å². The first kappa shape index (κ1) is 15.6. The van der Waals surface area contributed by atoms with Crippen molar-refractivity contribution in [3.8, 4) is 0 Å². The molecule has 0 aliphatic heterocycles. The highest BCUT2D eigenvalue weighted by atomic mass is 19.4. The smallest absolute Gasteiger partial charge is 0.324 e. The number of hydrogen-bond acceptors (Lipinski definition) is 1. The highest BCUT2D eigenvalue weighted by Gasteiger charge is 2.37. The van der Waals surface area contributed by atoms with E-state index < -0.39 is 35.1 Å². The van der Waals surface area contributed by atoms with Crippen LogP contribution in [0.3, 0.4) is 0 Å². The van der Waals surface area contributed by atoms with E-state index in [2.05, 4.69) is 6.58 Å². The maximum atomic E-state index is 12.7. The maximum Gasteiger partial charge on any atom is 0.416 e. The largest absolute Gasteiger partial charge is 0.416 e. The molecule has 0 aliphatic carbocycles. The first-order valence-electron chi connectivity index (χ1n) is 5.22. The van der Waals surface area contributed by atoms with Gasteiger partial charge in [-0.05, 0) is 30.2 Å². The van der Waals surface area contributed by atoms with Crippen molar-refractivity contribution >= 4 is 0 Å². The van der Waals surface area contributed by atoms with Crippen molar-refractivity contribution < 1.29 is 26.3 Å². The van der Waals surface area contributed by atoms with Gasteiger partial charge in [0, 0.05) is 6.04 Å². The molecule has 2 N–H and O–H groups in total. The van der Waals surface area contributed by atoms with Crippen molar-refractivity contribution in [2.45, 2.75) is 24.8 Å². The van der Waals surface area contributed by atoms with E-state index in [4.69, 9.17) is 5.73 Å². The molecule has 1 rings (SSSR count). The van der Waals surface area contributed by atoms with Crippen LogP contribution in [-0.2, 0) is 12.4 Å². The maximum absolute atomic E-state index is 12.7. The van der Waals surface area contributed by atoms with Gasteiger partial charge in [-0.1, -0.05) is 6.08 Å². The number of benzene rings is 1. The molecule has 0 amide bonds. The molecule has 1 atom stereocenters. The predicted octanol–water partition coefficient (Wildman–Crippen LogP) is 4.30. The van der Waals surface area contributed by atoms with Crippen LogP contribution in [0.15, 0.2) is 30.9 Å². The fraction of sp³-hybridized carbons (Fsp3) is 0.333. The van der Waals surface area contributed by atoms with E-state index in [1.54, 1.807) is 0 Å². The van der Waals surface area contributed by atoms with E-state index in [9.17, 15) is 26.3 Å². The third kappa shape index (κ3) is 3.73. The minimum atomic E-state index is -4.75. The Morgan fingerprint density at radius 1 is 1.11 bits per heavy atom. The molecule has 1 aromatic carbocycles. The lowest BCUT2D eigenvalue weighted by Gasteiger charge is -2.19. The molecule has 0 heterocycles. The lowest BCUT2D eigenvalue weighted by Crippen LogP contribution is -2.19. The van der Waals surface area contributed by atoms with Crippen LogP contribution in [-0.4, -0.2) is 0 Å². The molecule has 0 fully saturated rings. The monoisotopic (exact) mass is 283 g/mol. The van der Waals surface area contributed by atoms with Gasteiger partial charge in [-0.25, -0.2) is 0 Å². The minimum absolute atomic E-state index is 0.0512. The van der Waals surface area contributed by atoms with Gasteiger partial charge in [-0.3, -0.25) is 0 Å². The Hall–Kier alpha value is -1.50. The summed E-state index contributed by atoms with van der Waals surface area (Å²) in [6, 6.07) is 0.0573. The van der Waals surface area contributed by atoms with Crippen LogP contribution < -0.4 is 5.73 Å². The van der Waals surface area contributed by atoms with Crippen molar-refractivity contribution in [2.75, 3.05) is 0 Å². The quantitative estimate of drug-likeness (QED) is 0.649. The Morgan fingerprint density at radius 3 is 2.11 bits per heavy atom. The standard InChI is InChI=1S/C12H11F6N/c1-2-3-10(19)8-6-7(11(13,14)15)4-5-9(8)12(16,17)18/h2,4-6,10H,1,3,19H2/t10-/m0/s1. The lowest BCUT2D eigenvalue weighted by atomic mass is 9.95. The first-order chi connectivity index (χ1) is 8.57. The van der Waals surface area contributed by atoms with Crippen molar-refractivity contribution in [3.05, 3.63) is 47.5 Å². The van der Waals surface area contributed by atoms with Crippen LogP contribution >= 0.6 is 0 Å². The summed E-state index contributed by atoms with van der Waals surface area (Å²) in [7, 11) is 0. The zero-order valence-electron chi connectivity index (χ0n) is 9.65. The van der Waals surface area contributed by atoms with Crippen LogP contribution in [0.1, 0.15) is 29.2 Å². The average Bonchev–Trinajstić information content (AvgIpc) is 2.26. The molecule has 0 unspecified atom stereocenters. The molecular formula is C12H11F6N. The summed E-state index contributed by atoms with van der Waals surface area (Å²) in [5, 5.41) is 0. The zero-order valence-corrected chi connectivity index (χ0v) is 9.65. The topological polar surface area (TPSA) is 26.0 Å². The van der Waals surface area contributed by atoms with Crippen LogP contribution in [0.5, 0.6) is 0 Å². The molecule has 19 heavy (non-hydrogen) atoms. The predicted molar refractivity (Wildman–Crippen MR) is 58.2 cm³/mol. The van der Waals surface area contributed by atoms with Crippen LogP contribution in [0.25, 0.3) is 0 Å². The molecule has 1 aromatic rings. The van der Waals surface area contributed by atoms with Crippen molar-refractivity contribution in [2.24, 2.45) is 5.73 Å². The Bertz CT molecular complexity index is 460. The van der Waals surface area contributed by atoms with Gasteiger partial charge in [0.15, 0.2) is 0 Å². The lowest BCUT2D eigenvalue weighted by molar-refractivity contribution is -0.142. The molecule has 0 saturated heterocycles. The average molecular weight is 283 g/mol. The van der Waals surface area contributed by atoms with Crippen LogP contribution in [0.4, 0.5) is 26.3 Å². The van der Waals surface area contributed by atoms with E-state index in [-0.39, 0.29) is 6.42 Å². The minimum Gasteiger partial charge on any atom is -0.324 e. The summed E-state index contributed by atoms with van der Waals surface area (Å²) in [5.41, 5.74) is 2.58. The summed E-state index contributed by atoms with van der Waals surface area (Å²) in [5.74, 6) is 0. The molecule has 106 valence electrons. The van der Waals surface area contributed by atoms with Gasteiger partial charge in [-0.2, -0.15) is 26.3 Å². The fourth-order valence-corrected chi connectivity index (χ4v) is 1.61. The summed E-state index contributed by atoms with van der Waals surface area (Å²) < 4.78 is 75.7. The Morgan fingerprint density at radius 2 is 1.68 bits per heavy atom. The zero-order chi connectivity index (χ0) is 14.8. The molecule has 7 heteroatoms. The molecule has 1 nitrogen and oxygen atoms in total. The fourth-order valence-electron chi connectivity index (χ4n) is 1.61. The van der Waals surface area contributed by atoms with Gasteiger partial charge in [0.2, 0.25) is 0 Å². The second-order valence-electron chi connectivity index (χ2n) is 3.93. The van der Waals surface area contributed by atoms with E-state index >= 15 is 0 Å². The second-order valence-corrected chi connectivity index (χ2v) is 3.93. The Kier molecular flexibility index (Phi) is 4.29. The van der Waals surface area contributed by atoms with Gasteiger partial charge < -0.3 is 5.73 Å². The third-order valence-electron chi connectivity index (χ3n) is 2.50. The molecule has 0 spiro atoms. The van der Waals surface area contributed by atoms with E-state index in [0.717, 1.165) is 0 Å². The van der Waals surface area contributed by atoms with Crippen LogP contribution in [0.2, 0.25) is 0 Å². The summed E-state index contributed by atoms with van der Waals surface area (Å²) in [4.78, 5) is 0. The van der Waals surface area contributed by atoms with Crippen molar-refractivity contribution in [3.63, 3.8) is 0 Å². The van der Waals surface area contributed by atoms with Gasteiger partial charge in [0.25, 0.3) is 0 Å². The molecule has 0 radical (unpaired) electrons. The highest BCUT2D eigenvalue weighted by molar-refractivity contribution is 5.37. The molecule has 0 bridgehead atoms. The number of alkyl halides is 6. The van der Waals surface area contributed by atoms with E-state index in [0.29, 0.717) is 18.2 Å². The first-order valence-corrected chi connectivity index (χ1v) is 5.22. The van der Waals surface area contributed by atoms with Gasteiger partial charge in [0.05, 0.1) is 11.1 Å². The summed E-state index contributed by atoms with van der Waals surface area (Å²) in [6.45, 7) is 3.31. The van der Waals surface area contributed by atoms with Crippen molar-refractivity contribution in [1.29, 1.82) is 0 Å². The van der Waals surface area contributed by atoms with Gasteiger partial charge in [-0.15, -0.1) is 6.58 Å². The van der Waals surface area contributed by atoms with Gasteiger partial charge in [0.1, 0.15) is 0 Å². The van der Waals surface area contributed by atoms with E-state index in [1.807, 2.05) is 0 Å². The van der Waals surface area contributed by atoms with Crippen molar-refractivity contribution in [1.82, 2.24) is 0 Å². The highest BCUT2D eigenvalue weighted by Crippen LogP contribution is 2.38. The molecule has 0 saturated carbocycles. The second kappa shape index (κ2) is 5.24. The number of nitrogens with two attached hydrogens (primary N) is 1. The normalized spacial score (nSPS) is 14.3. The van der Waals surface area contributed by atoms with Crippen LogP contribution in [0, 0.1) is 0 Å². The SMILES string of the molecule is C=CC[C@H](N)c1cc(C(F)(F)F)ccc1C(F)(F)F. The molecule has 0 aliphatic rings. The Labute approximate surface area is 105 Å². The number of halogens is 6.